The van der Waals surface area contributed by atoms with Gasteiger partial charge in [-0.3, -0.25) is 14.5 Å². The van der Waals surface area contributed by atoms with Crippen LogP contribution in [0.5, 0.6) is 0 Å². The van der Waals surface area contributed by atoms with Crippen LogP contribution in [0.2, 0.25) is 0 Å². The minimum Gasteiger partial charge on any atom is -0.342 e. The molecule has 2 aromatic carbocycles. The number of carbonyl (C=O) groups is 3. The van der Waals surface area contributed by atoms with Crippen molar-refractivity contribution >= 4 is 17.6 Å². The highest BCUT2D eigenvalue weighted by atomic mass is 16.2. The third-order valence-corrected chi connectivity index (χ3v) is 8.12. The molecule has 0 aliphatic carbocycles. The van der Waals surface area contributed by atoms with Crippen molar-refractivity contribution in [2.24, 2.45) is 5.92 Å². The Labute approximate surface area is 236 Å². The van der Waals surface area contributed by atoms with Crippen LogP contribution in [0.4, 0.5) is 0 Å². The number of piperidine rings is 1. The van der Waals surface area contributed by atoms with Crippen LogP contribution in [-0.4, -0.2) is 82.6 Å². The molecule has 7 nitrogen and oxygen atoms in total. The van der Waals surface area contributed by atoms with Crippen molar-refractivity contribution in [1.82, 2.24) is 19.7 Å². The van der Waals surface area contributed by atoms with Crippen LogP contribution in [0.15, 0.2) is 72.8 Å². The number of carbonyl (C=O) groups excluding carboxylic acids is 3. The van der Waals surface area contributed by atoms with E-state index in [2.05, 4.69) is 4.90 Å². The second-order valence-electron chi connectivity index (χ2n) is 11.1. The first-order valence-electron chi connectivity index (χ1n) is 14.3. The molecule has 0 radical (unpaired) electrons. The van der Waals surface area contributed by atoms with E-state index in [0.717, 1.165) is 61.5 Å². The highest BCUT2D eigenvalue weighted by Crippen LogP contribution is 2.26. The number of hydrogen-bond donors (Lipinski definition) is 0. The summed E-state index contributed by atoms with van der Waals surface area (Å²) in [5.41, 5.74) is 4.22. The fourth-order valence-electron chi connectivity index (χ4n) is 5.92. The largest absolute Gasteiger partial charge is 0.342 e. The summed E-state index contributed by atoms with van der Waals surface area (Å²) in [6.07, 6.45) is 2.17. The fourth-order valence-corrected chi connectivity index (χ4v) is 5.92. The first-order valence-corrected chi connectivity index (χ1v) is 14.3. The van der Waals surface area contributed by atoms with Gasteiger partial charge in [0, 0.05) is 74.3 Å². The zero-order chi connectivity index (χ0) is 28.1. The number of ketones is 1. The van der Waals surface area contributed by atoms with Gasteiger partial charge < -0.3 is 14.6 Å². The van der Waals surface area contributed by atoms with E-state index in [1.54, 1.807) is 6.92 Å². The summed E-state index contributed by atoms with van der Waals surface area (Å²) >= 11 is 0. The lowest BCUT2D eigenvalue weighted by atomic mass is 9.98. The first-order chi connectivity index (χ1) is 19.4. The molecule has 0 spiro atoms. The molecule has 2 saturated heterocycles. The van der Waals surface area contributed by atoms with Gasteiger partial charge in [-0.05, 0) is 31.9 Å². The average Bonchev–Trinajstić information content (AvgIpc) is 3.01. The van der Waals surface area contributed by atoms with Gasteiger partial charge in [0.2, 0.25) is 5.91 Å². The molecule has 2 aliphatic heterocycles. The summed E-state index contributed by atoms with van der Waals surface area (Å²) in [4.78, 5) is 49.1. The van der Waals surface area contributed by atoms with Crippen molar-refractivity contribution in [2.45, 2.75) is 39.2 Å². The molecular weight excluding hydrogens is 500 g/mol. The predicted molar refractivity (Wildman–Crippen MR) is 157 cm³/mol. The molecule has 1 atom stereocenters. The number of nitrogens with zero attached hydrogens (tertiary/aromatic N) is 4. The fraction of sp³-hybridized carbons (Fsp3) is 0.394. The minimum atomic E-state index is -0.249. The van der Waals surface area contributed by atoms with Crippen molar-refractivity contribution in [1.29, 1.82) is 0 Å². The number of aromatic nitrogens is 1. The lowest BCUT2D eigenvalue weighted by molar-refractivity contribution is -0.138. The van der Waals surface area contributed by atoms with Crippen molar-refractivity contribution in [3.8, 4) is 22.5 Å². The molecule has 2 amide bonds. The number of piperazine rings is 1. The minimum absolute atomic E-state index is 0.0382. The summed E-state index contributed by atoms with van der Waals surface area (Å²) in [6, 6.07) is 24.2. The molecular formula is C33H38N4O3. The van der Waals surface area contributed by atoms with Gasteiger partial charge in [-0.15, -0.1) is 0 Å². The topological polar surface area (TPSA) is 73.8 Å². The average molecular weight is 539 g/mol. The van der Waals surface area contributed by atoms with Crippen molar-refractivity contribution in [3.05, 3.63) is 78.4 Å². The standard InChI is InChI=1S/C33H38N4O3/c1-24(21-25(2)38)32(39)36-15-13-29(14-16-36)35-17-19-37(20-18-35)33(40)28-22-30(26-9-5-3-6-10-26)34-31(23-28)27-11-7-4-8-12-27/h3-12,22-24,29H,13-21H2,1-2H3. The third-order valence-electron chi connectivity index (χ3n) is 8.12. The number of amides is 2. The van der Waals surface area contributed by atoms with Gasteiger partial charge in [0.1, 0.15) is 5.78 Å². The Morgan fingerprint density at radius 2 is 1.30 bits per heavy atom. The number of hydrogen-bond acceptors (Lipinski definition) is 5. The maximum atomic E-state index is 13.7. The summed E-state index contributed by atoms with van der Waals surface area (Å²) in [5, 5.41) is 0. The van der Waals surface area contributed by atoms with Crippen molar-refractivity contribution in [3.63, 3.8) is 0 Å². The molecule has 1 unspecified atom stereocenters. The second-order valence-corrected chi connectivity index (χ2v) is 11.1. The summed E-state index contributed by atoms with van der Waals surface area (Å²) in [5.74, 6) is -0.0634. The second kappa shape index (κ2) is 12.6. The molecule has 3 aromatic rings. The molecule has 0 bridgehead atoms. The highest BCUT2D eigenvalue weighted by Gasteiger charge is 2.32. The number of likely N-dealkylation sites (tertiary alicyclic amines) is 1. The zero-order valence-electron chi connectivity index (χ0n) is 23.5. The maximum absolute atomic E-state index is 13.7. The van der Waals surface area contributed by atoms with E-state index >= 15 is 0 Å². The lowest BCUT2D eigenvalue weighted by Gasteiger charge is -2.43. The van der Waals surface area contributed by atoms with Crippen molar-refractivity contribution < 1.29 is 14.4 Å². The van der Waals surface area contributed by atoms with E-state index in [-0.39, 0.29) is 23.5 Å². The van der Waals surface area contributed by atoms with Gasteiger partial charge in [0.25, 0.3) is 5.91 Å². The molecule has 2 fully saturated rings. The van der Waals surface area contributed by atoms with Crippen LogP contribution in [0, 0.1) is 5.92 Å². The normalized spacial score (nSPS) is 17.4. The molecule has 7 heteroatoms. The van der Waals surface area contributed by atoms with Crippen molar-refractivity contribution in [2.75, 3.05) is 39.3 Å². The van der Waals surface area contributed by atoms with E-state index < -0.39 is 0 Å². The van der Waals surface area contributed by atoms with Crippen LogP contribution in [0.3, 0.4) is 0 Å². The summed E-state index contributed by atoms with van der Waals surface area (Å²) in [7, 11) is 0. The van der Waals surface area contributed by atoms with Gasteiger partial charge in [0.15, 0.2) is 0 Å². The Balaban J connectivity index is 1.23. The number of rotatable bonds is 7. The quantitative estimate of drug-likeness (QED) is 0.433. The Morgan fingerprint density at radius 3 is 1.80 bits per heavy atom. The smallest absolute Gasteiger partial charge is 0.254 e. The monoisotopic (exact) mass is 538 g/mol. The first kappa shape index (κ1) is 27.7. The van der Waals surface area contributed by atoms with Gasteiger partial charge in [-0.2, -0.15) is 0 Å². The van der Waals surface area contributed by atoms with E-state index in [9.17, 15) is 14.4 Å². The van der Waals surface area contributed by atoms with E-state index in [1.807, 2.05) is 89.5 Å². The van der Waals surface area contributed by atoms with E-state index in [4.69, 9.17) is 4.98 Å². The Morgan fingerprint density at radius 1 is 0.775 bits per heavy atom. The van der Waals surface area contributed by atoms with Gasteiger partial charge >= 0.3 is 0 Å². The van der Waals surface area contributed by atoms with Crippen LogP contribution in [-0.2, 0) is 9.59 Å². The maximum Gasteiger partial charge on any atom is 0.254 e. The molecule has 0 saturated carbocycles. The van der Waals surface area contributed by atoms with Gasteiger partial charge in [0.05, 0.1) is 11.4 Å². The number of pyridine rings is 1. The predicted octanol–water partition coefficient (Wildman–Crippen LogP) is 4.78. The molecule has 3 heterocycles. The van der Waals surface area contributed by atoms with E-state index in [0.29, 0.717) is 31.1 Å². The highest BCUT2D eigenvalue weighted by molar-refractivity contribution is 5.96. The molecule has 5 rings (SSSR count). The molecule has 208 valence electrons. The molecule has 0 N–H and O–H groups in total. The molecule has 40 heavy (non-hydrogen) atoms. The number of Topliss-reactive ketones (excluding diaryl/α,β-unsaturated/α-hetero) is 1. The van der Waals surface area contributed by atoms with Crippen LogP contribution >= 0.6 is 0 Å². The van der Waals surface area contributed by atoms with E-state index in [1.165, 1.54) is 0 Å². The zero-order valence-corrected chi connectivity index (χ0v) is 23.5. The lowest BCUT2D eigenvalue weighted by Crippen LogP contribution is -2.55. The molecule has 1 aromatic heterocycles. The summed E-state index contributed by atoms with van der Waals surface area (Å²) < 4.78 is 0. The Kier molecular flexibility index (Phi) is 8.70. The number of benzene rings is 2. The van der Waals surface area contributed by atoms with Crippen LogP contribution in [0.25, 0.3) is 22.5 Å². The summed E-state index contributed by atoms with van der Waals surface area (Å²) in [6.45, 7) is 7.86. The SMILES string of the molecule is CC(=O)CC(C)C(=O)N1CCC(N2CCN(C(=O)c3cc(-c4ccccc4)nc(-c4ccccc4)c3)CC2)CC1. The Bertz CT molecular complexity index is 1270. The third kappa shape index (κ3) is 6.48. The van der Waals surface area contributed by atoms with Gasteiger partial charge in [-0.25, -0.2) is 4.98 Å². The Hall–Kier alpha value is -3.84. The van der Waals surface area contributed by atoms with Crippen LogP contribution in [0.1, 0.15) is 43.5 Å². The van der Waals surface area contributed by atoms with Gasteiger partial charge in [-0.1, -0.05) is 67.6 Å². The van der Waals surface area contributed by atoms with Crippen LogP contribution < -0.4 is 0 Å². The molecule has 2 aliphatic rings.